The van der Waals surface area contributed by atoms with Crippen LogP contribution in [0.5, 0.6) is 5.75 Å². The molecule has 6 nitrogen and oxygen atoms in total. The highest BCUT2D eigenvalue weighted by atomic mass is 32.1. The normalized spacial score (nSPS) is 17.6. The van der Waals surface area contributed by atoms with Gasteiger partial charge in [0.1, 0.15) is 5.75 Å². The highest BCUT2D eigenvalue weighted by molar-refractivity contribution is 7.14. The van der Waals surface area contributed by atoms with E-state index in [1.807, 2.05) is 24.0 Å². The Kier molecular flexibility index (Phi) is 5.82. The molecule has 0 bridgehead atoms. The Morgan fingerprint density at radius 2 is 1.93 bits per heavy atom. The van der Waals surface area contributed by atoms with Crippen LogP contribution in [0.1, 0.15) is 32.4 Å². The van der Waals surface area contributed by atoms with Crippen molar-refractivity contribution in [1.82, 2.24) is 9.88 Å². The zero-order valence-electron chi connectivity index (χ0n) is 16.6. The SMILES string of the molecule is CCOc1ccc(N2CCN(Cc3csc(N(C(C)=O)C4CC4)n3)CC2)cc1. The van der Waals surface area contributed by atoms with Gasteiger partial charge in [-0.1, -0.05) is 0 Å². The minimum absolute atomic E-state index is 0.104. The number of hydrogen-bond donors (Lipinski definition) is 0. The molecule has 2 aliphatic rings. The molecule has 0 N–H and O–H groups in total. The number of rotatable bonds is 7. The zero-order valence-corrected chi connectivity index (χ0v) is 17.5. The zero-order chi connectivity index (χ0) is 19.5. The number of amides is 1. The van der Waals surface area contributed by atoms with Crippen molar-refractivity contribution in [3.05, 3.63) is 35.3 Å². The number of ether oxygens (including phenoxy) is 1. The van der Waals surface area contributed by atoms with Crippen molar-refractivity contribution in [1.29, 1.82) is 0 Å². The minimum atomic E-state index is 0.104. The summed E-state index contributed by atoms with van der Waals surface area (Å²) in [5, 5.41) is 2.96. The third-order valence-electron chi connectivity index (χ3n) is 5.27. The van der Waals surface area contributed by atoms with E-state index >= 15 is 0 Å². The Balaban J connectivity index is 1.30. The van der Waals surface area contributed by atoms with Gasteiger partial charge in [-0.2, -0.15) is 0 Å². The predicted octanol–water partition coefficient (Wildman–Crippen LogP) is 3.38. The molecule has 1 aliphatic carbocycles. The number of anilines is 2. The summed E-state index contributed by atoms with van der Waals surface area (Å²) >= 11 is 1.59. The van der Waals surface area contributed by atoms with Gasteiger partial charge >= 0.3 is 0 Å². The number of benzene rings is 1. The third-order valence-corrected chi connectivity index (χ3v) is 6.16. The molecule has 0 spiro atoms. The highest BCUT2D eigenvalue weighted by Crippen LogP contribution is 2.33. The van der Waals surface area contributed by atoms with E-state index in [9.17, 15) is 4.79 Å². The summed E-state index contributed by atoms with van der Waals surface area (Å²) in [5.74, 6) is 1.03. The molecule has 1 amide bonds. The second-order valence-corrected chi connectivity index (χ2v) is 8.27. The summed E-state index contributed by atoms with van der Waals surface area (Å²) in [7, 11) is 0. The first-order chi connectivity index (χ1) is 13.6. The van der Waals surface area contributed by atoms with E-state index in [2.05, 4.69) is 27.3 Å². The Hall–Kier alpha value is -2.12. The smallest absolute Gasteiger partial charge is 0.225 e. The summed E-state index contributed by atoms with van der Waals surface area (Å²) in [6, 6.07) is 8.74. The van der Waals surface area contributed by atoms with Crippen LogP contribution in [0.25, 0.3) is 0 Å². The van der Waals surface area contributed by atoms with Gasteiger partial charge < -0.3 is 9.64 Å². The summed E-state index contributed by atoms with van der Waals surface area (Å²) in [6.07, 6.45) is 2.20. The van der Waals surface area contributed by atoms with Gasteiger partial charge in [-0.3, -0.25) is 14.6 Å². The molecule has 1 aliphatic heterocycles. The number of piperazine rings is 1. The summed E-state index contributed by atoms with van der Waals surface area (Å²) in [5.41, 5.74) is 2.32. The number of hydrogen-bond acceptors (Lipinski definition) is 6. The first-order valence-electron chi connectivity index (χ1n) is 10.1. The van der Waals surface area contributed by atoms with E-state index in [1.165, 1.54) is 5.69 Å². The number of carbonyl (C=O) groups excluding carboxylic acids is 1. The molecule has 0 radical (unpaired) electrons. The van der Waals surface area contributed by atoms with E-state index in [0.29, 0.717) is 12.6 Å². The van der Waals surface area contributed by atoms with Crippen LogP contribution in [0, 0.1) is 0 Å². The summed E-state index contributed by atoms with van der Waals surface area (Å²) in [4.78, 5) is 23.4. The van der Waals surface area contributed by atoms with Crippen LogP contribution < -0.4 is 14.5 Å². The largest absolute Gasteiger partial charge is 0.494 e. The van der Waals surface area contributed by atoms with Gasteiger partial charge in [-0.05, 0) is 44.0 Å². The molecular formula is C21H28N4O2S. The lowest BCUT2D eigenvalue weighted by Crippen LogP contribution is -2.46. The van der Waals surface area contributed by atoms with E-state index in [4.69, 9.17) is 9.72 Å². The van der Waals surface area contributed by atoms with Gasteiger partial charge in [-0.15, -0.1) is 11.3 Å². The molecule has 1 saturated carbocycles. The molecule has 0 atom stereocenters. The lowest BCUT2D eigenvalue weighted by atomic mass is 10.2. The van der Waals surface area contributed by atoms with Crippen molar-refractivity contribution in [3.63, 3.8) is 0 Å². The number of thiazole rings is 1. The van der Waals surface area contributed by atoms with Crippen molar-refractivity contribution in [3.8, 4) is 5.75 Å². The Bertz CT molecular complexity index is 795. The van der Waals surface area contributed by atoms with Crippen LogP contribution in [-0.4, -0.2) is 54.6 Å². The second kappa shape index (κ2) is 8.49. The monoisotopic (exact) mass is 400 g/mol. The van der Waals surface area contributed by atoms with Crippen molar-refractivity contribution >= 4 is 28.1 Å². The van der Waals surface area contributed by atoms with Gasteiger partial charge in [0.05, 0.1) is 12.3 Å². The van der Waals surface area contributed by atoms with Crippen LogP contribution in [0.15, 0.2) is 29.6 Å². The minimum Gasteiger partial charge on any atom is -0.494 e. The molecule has 1 aromatic heterocycles. The van der Waals surface area contributed by atoms with Crippen molar-refractivity contribution in [2.45, 2.75) is 39.3 Å². The molecule has 0 unspecified atom stereocenters. The standard InChI is InChI=1S/C21H28N4O2S/c1-3-27-20-8-6-18(7-9-20)24-12-10-23(11-13-24)14-17-15-28-21(22-17)25(16(2)26)19-4-5-19/h6-9,15,19H,3-5,10-14H2,1-2H3. The highest BCUT2D eigenvalue weighted by Gasteiger charge is 2.33. The molecule has 2 aromatic rings. The maximum atomic E-state index is 11.9. The maximum absolute atomic E-state index is 11.9. The first kappa shape index (κ1) is 19.2. The van der Waals surface area contributed by atoms with Crippen LogP contribution >= 0.6 is 11.3 Å². The number of carbonyl (C=O) groups is 1. The Labute approximate surface area is 170 Å². The van der Waals surface area contributed by atoms with Crippen molar-refractivity contribution in [2.75, 3.05) is 42.6 Å². The fraction of sp³-hybridized carbons (Fsp3) is 0.524. The average molecular weight is 401 g/mol. The van der Waals surface area contributed by atoms with Crippen LogP contribution in [0.2, 0.25) is 0 Å². The van der Waals surface area contributed by atoms with Crippen molar-refractivity contribution < 1.29 is 9.53 Å². The molecule has 2 heterocycles. The topological polar surface area (TPSA) is 48.9 Å². The molecule has 4 rings (SSSR count). The van der Waals surface area contributed by atoms with Gasteiger partial charge in [0, 0.05) is 56.8 Å². The van der Waals surface area contributed by atoms with Gasteiger partial charge in [0.2, 0.25) is 5.91 Å². The van der Waals surface area contributed by atoms with E-state index in [-0.39, 0.29) is 5.91 Å². The molecule has 7 heteroatoms. The quantitative estimate of drug-likeness (QED) is 0.713. The van der Waals surface area contributed by atoms with Crippen LogP contribution in [-0.2, 0) is 11.3 Å². The third kappa shape index (κ3) is 4.47. The lowest BCUT2D eigenvalue weighted by Gasteiger charge is -2.35. The van der Waals surface area contributed by atoms with E-state index in [1.54, 1.807) is 18.3 Å². The van der Waals surface area contributed by atoms with Gasteiger partial charge in [0.15, 0.2) is 5.13 Å². The van der Waals surface area contributed by atoms with E-state index < -0.39 is 0 Å². The fourth-order valence-electron chi connectivity index (χ4n) is 3.67. The first-order valence-corrected chi connectivity index (χ1v) is 11.0. The summed E-state index contributed by atoms with van der Waals surface area (Å²) in [6.45, 7) is 9.23. The Morgan fingerprint density at radius 3 is 2.54 bits per heavy atom. The van der Waals surface area contributed by atoms with Gasteiger partial charge in [-0.25, -0.2) is 4.98 Å². The number of nitrogens with zero attached hydrogens (tertiary/aromatic N) is 4. The van der Waals surface area contributed by atoms with Crippen molar-refractivity contribution in [2.24, 2.45) is 0 Å². The average Bonchev–Trinajstić information content (AvgIpc) is 3.42. The molecule has 1 saturated heterocycles. The molecule has 150 valence electrons. The van der Waals surface area contributed by atoms with Crippen LogP contribution in [0.3, 0.4) is 0 Å². The molecule has 2 fully saturated rings. The molecule has 1 aromatic carbocycles. The predicted molar refractivity (Wildman–Crippen MR) is 113 cm³/mol. The maximum Gasteiger partial charge on any atom is 0.225 e. The van der Waals surface area contributed by atoms with Gasteiger partial charge in [0.25, 0.3) is 0 Å². The number of aromatic nitrogens is 1. The van der Waals surface area contributed by atoms with Crippen LogP contribution in [0.4, 0.5) is 10.8 Å². The Morgan fingerprint density at radius 1 is 1.21 bits per heavy atom. The molecule has 28 heavy (non-hydrogen) atoms. The molecular weight excluding hydrogens is 372 g/mol. The van der Waals surface area contributed by atoms with E-state index in [0.717, 1.165) is 62.1 Å². The lowest BCUT2D eigenvalue weighted by molar-refractivity contribution is -0.116. The second-order valence-electron chi connectivity index (χ2n) is 7.43. The summed E-state index contributed by atoms with van der Waals surface area (Å²) < 4.78 is 5.53. The fourth-order valence-corrected chi connectivity index (χ4v) is 4.60.